The molecule has 0 saturated carbocycles. The standard InChI is InChI=1S/C17H25N3O6/c1-11(2)7-18(8-12(3)4)15(21)10-19-9-13(20(24)25)6-14(16(19)22)17(23)26-5/h6,9,11-12H,7-8,10H2,1-5H3. The van der Waals surface area contributed by atoms with Gasteiger partial charge in [0.2, 0.25) is 5.91 Å². The van der Waals surface area contributed by atoms with Crippen molar-refractivity contribution in [2.24, 2.45) is 11.8 Å². The smallest absolute Gasteiger partial charge is 0.343 e. The maximum atomic E-state index is 12.6. The number of carbonyl (C=O) groups excluding carboxylic acids is 2. The number of pyridine rings is 1. The number of nitrogens with zero attached hydrogens (tertiary/aromatic N) is 3. The first kappa shape index (κ1) is 21.3. The third-order valence-electron chi connectivity index (χ3n) is 3.52. The zero-order valence-corrected chi connectivity index (χ0v) is 15.7. The van der Waals surface area contributed by atoms with Gasteiger partial charge in [0, 0.05) is 19.2 Å². The Hall–Kier alpha value is -2.71. The molecule has 1 amide bonds. The monoisotopic (exact) mass is 367 g/mol. The molecule has 1 rings (SSSR count). The summed E-state index contributed by atoms with van der Waals surface area (Å²) in [6, 6.07) is 0.856. The van der Waals surface area contributed by atoms with Gasteiger partial charge in [0.15, 0.2) is 0 Å². The second kappa shape index (κ2) is 9.12. The van der Waals surface area contributed by atoms with Crippen LogP contribution in [-0.4, -0.2) is 46.5 Å². The average molecular weight is 367 g/mol. The minimum absolute atomic E-state index is 0.227. The van der Waals surface area contributed by atoms with Gasteiger partial charge in [-0.3, -0.25) is 24.3 Å². The number of carbonyl (C=O) groups is 2. The maximum Gasteiger partial charge on any atom is 0.343 e. The SMILES string of the molecule is COC(=O)c1cc([N+](=O)[O-])cn(CC(=O)N(CC(C)C)CC(C)C)c1=O. The number of nitro groups is 1. The molecule has 0 bridgehead atoms. The van der Waals surface area contributed by atoms with Crippen LogP contribution in [0.2, 0.25) is 0 Å². The van der Waals surface area contributed by atoms with Gasteiger partial charge >= 0.3 is 5.97 Å². The van der Waals surface area contributed by atoms with Crippen LogP contribution in [-0.2, 0) is 16.1 Å². The predicted molar refractivity (Wildman–Crippen MR) is 95.0 cm³/mol. The fourth-order valence-corrected chi connectivity index (χ4v) is 2.50. The lowest BCUT2D eigenvalue weighted by Gasteiger charge is -2.26. The second-order valence-corrected chi connectivity index (χ2v) is 6.88. The molecular weight excluding hydrogens is 342 g/mol. The van der Waals surface area contributed by atoms with E-state index in [0.717, 1.165) is 23.9 Å². The molecule has 1 aromatic rings. The molecule has 0 spiro atoms. The van der Waals surface area contributed by atoms with Gasteiger partial charge in [-0.2, -0.15) is 0 Å². The molecule has 144 valence electrons. The highest BCUT2D eigenvalue weighted by Gasteiger charge is 2.23. The molecule has 1 aromatic heterocycles. The van der Waals surface area contributed by atoms with Crippen molar-refractivity contribution < 1.29 is 19.2 Å². The van der Waals surface area contributed by atoms with Crippen molar-refractivity contribution in [3.05, 3.63) is 38.3 Å². The zero-order valence-electron chi connectivity index (χ0n) is 15.7. The van der Waals surface area contributed by atoms with E-state index in [2.05, 4.69) is 4.74 Å². The van der Waals surface area contributed by atoms with Crippen molar-refractivity contribution in [2.45, 2.75) is 34.2 Å². The highest BCUT2D eigenvalue weighted by Crippen LogP contribution is 2.12. The Morgan fingerprint density at radius 3 is 2.19 bits per heavy atom. The molecular formula is C17H25N3O6. The molecule has 0 aromatic carbocycles. The summed E-state index contributed by atoms with van der Waals surface area (Å²) in [7, 11) is 1.07. The molecule has 0 aliphatic heterocycles. The van der Waals surface area contributed by atoms with E-state index in [1.54, 1.807) is 4.90 Å². The zero-order chi connectivity index (χ0) is 20.0. The van der Waals surface area contributed by atoms with Crippen molar-refractivity contribution in [2.75, 3.05) is 20.2 Å². The van der Waals surface area contributed by atoms with Crippen LogP contribution in [0.1, 0.15) is 38.1 Å². The van der Waals surface area contributed by atoms with Crippen molar-refractivity contribution >= 4 is 17.6 Å². The summed E-state index contributed by atoms with van der Waals surface area (Å²) in [6.07, 6.45) is 0.968. The first-order chi connectivity index (χ1) is 12.1. The summed E-state index contributed by atoms with van der Waals surface area (Å²) >= 11 is 0. The Kier molecular flexibility index (Phi) is 7.48. The molecule has 9 heteroatoms. The van der Waals surface area contributed by atoms with E-state index in [0.29, 0.717) is 13.1 Å². The van der Waals surface area contributed by atoms with Crippen LogP contribution in [0, 0.1) is 22.0 Å². The van der Waals surface area contributed by atoms with Crippen LogP contribution in [0.5, 0.6) is 0 Å². The van der Waals surface area contributed by atoms with Crippen LogP contribution in [0.25, 0.3) is 0 Å². The summed E-state index contributed by atoms with van der Waals surface area (Å²) in [5.74, 6) is -0.873. The number of rotatable bonds is 8. The molecule has 0 unspecified atom stereocenters. The van der Waals surface area contributed by atoms with Gasteiger partial charge in [-0.05, 0) is 11.8 Å². The van der Waals surface area contributed by atoms with Crippen LogP contribution in [0.3, 0.4) is 0 Å². The quantitative estimate of drug-likeness (QED) is 0.393. The molecule has 26 heavy (non-hydrogen) atoms. The molecule has 0 saturated heterocycles. The van der Waals surface area contributed by atoms with Crippen molar-refractivity contribution in [1.82, 2.24) is 9.47 Å². The van der Waals surface area contributed by atoms with E-state index in [4.69, 9.17) is 0 Å². The minimum Gasteiger partial charge on any atom is -0.465 e. The fourth-order valence-electron chi connectivity index (χ4n) is 2.50. The highest BCUT2D eigenvalue weighted by molar-refractivity contribution is 5.89. The summed E-state index contributed by atoms with van der Waals surface area (Å²) in [6.45, 7) is 8.50. The largest absolute Gasteiger partial charge is 0.465 e. The molecule has 9 nitrogen and oxygen atoms in total. The Bertz CT molecular complexity index is 729. The normalized spacial score (nSPS) is 10.9. The van der Waals surface area contributed by atoms with Crippen LogP contribution >= 0.6 is 0 Å². The number of esters is 1. The Balaban J connectivity index is 3.26. The van der Waals surface area contributed by atoms with Gasteiger partial charge in [0.05, 0.1) is 18.2 Å². The predicted octanol–water partition coefficient (Wildman–Crippen LogP) is 1.68. The van der Waals surface area contributed by atoms with E-state index in [1.807, 2.05) is 27.7 Å². The molecule has 0 aliphatic carbocycles. The van der Waals surface area contributed by atoms with Crippen molar-refractivity contribution in [3.63, 3.8) is 0 Å². The highest BCUT2D eigenvalue weighted by atomic mass is 16.6. The fraction of sp³-hybridized carbons (Fsp3) is 0.588. The van der Waals surface area contributed by atoms with Gasteiger partial charge in [-0.25, -0.2) is 4.79 Å². The molecule has 1 heterocycles. The van der Waals surface area contributed by atoms with Gasteiger partial charge in [0.1, 0.15) is 12.1 Å². The van der Waals surface area contributed by atoms with Gasteiger partial charge in [-0.1, -0.05) is 27.7 Å². The maximum absolute atomic E-state index is 12.6. The van der Waals surface area contributed by atoms with Crippen LogP contribution in [0.15, 0.2) is 17.1 Å². The number of hydrogen-bond donors (Lipinski definition) is 0. The van der Waals surface area contributed by atoms with Gasteiger partial charge in [-0.15, -0.1) is 0 Å². The minimum atomic E-state index is -0.985. The van der Waals surface area contributed by atoms with Crippen molar-refractivity contribution in [1.29, 1.82) is 0 Å². The van der Waals surface area contributed by atoms with E-state index >= 15 is 0 Å². The van der Waals surface area contributed by atoms with E-state index < -0.39 is 27.7 Å². The summed E-state index contributed by atoms with van der Waals surface area (Å²) in [5.41, 5.74) is -1.74. The van der Waals surface area contributed by atoms with E-state index in [9.17, 15) is 24.5 Å². The van der Waals surface area contributed by atoms with E-state index in [-0.39, 0.29) is 24.3 Å². The molecule has 0 atom stereocenters. The molecule has 0 radical (unpaired) electrons. The van der Waals surface area contributed by atoms with E-state index in [1.165, 1.54) is 0 Å². The van der Waals surface area contributed by atoms with Crippen molar-refractivity contribution in [3.8, 4) is 0 Å². The van der Waals surface area contributed by atoms with Crippen LogP contribution in [0.4, 0.5) is 5.69 Å². The first-order valence-electron chi connectivity index (χ1n) is 8.31. The Labute approximate surface area is 151 Å². The third kappa shape index (κ3) is 5.68. The number of aromatic nitrogens is 1. The topological polar surface area (TPSA) is 112 Å². The molecule has 0 N–H and O–H groups in total. The average Bonchev–Trinajstić information content (AvgIpc) is 2.54. The lowest BCUT2D eigenvalue weighted by Crippen LogP contribution is -2.41. The third-order valence-corrected chi connectivity index (χ3v) is 3.52. The number of amides is 1. The first-order valence-corrected chi connectivity index (χ1v) is 8.31. The lowest BCUT2D eigenvalue weighted by atomic mass is 10.1. The second-order valence-electron chi connectivity index (χ2n) is 6.88. The van der Waals surface area contributed by atoms with Gasteiger partial charge in [0.25, 0.3) is 11.2 Å². The molecule has 0 aliphatic rings. The Morgan fingerprint density at radius 2 is 1.77 bits per heavy atom. The van der Waals surface area contributed by atoms with Gasteiger partial charge < -0.3 is 9.64 Å². The number of hydrogen-bond acceptors (Lipinski definition) is 6. The molecule has 0 fully saturated rings. The number of methoxy groups -OCH3 is 1. The number of ether oxygens (including phenoxy) is 1. The summed E-state index contributed by atoms with van der Waals surface area (Å²) in [5, 5.41) is 11.1. The lowest BCUT2D eigenvalue weighted by molar-refractivity contribution is -0.385. The Morgan fingerprint density at radius 1 is 1.23 bits per heavy atom. The summed E-state index contributed by atoms with van der Waals surface area (Å²) in [4.78, 5) is 48.8. The summed E-state index contributed by atoms with van der Waals surface area (Å²) < 4.78 is 5.38. The van der Waals surface area contributed by atoms with Crippen LogP contribution < -0.4 is 5.56 Å².